The number of benzene rings is 2. The molecule has 4 rings (SSSR count). The maximum Gasteiger partial charge on any atom is 0.349 e. The van der Waals surface area contributed by atoms with E-state index in [0.717, 1.165) is 34.2 Å². The molecule has 0 unspecified atom stereocenters. The van der Waals surface area contributed by atoms with E-state index < -0.39 is 11.6 Å². The second kappa shape index (κ2) is 14.3. The first-order valence-electron chi connectivity index (χ1n) is 14.7. The minimum absolute atomic E-state index is 0.108. The molecule has 11 heteroatoms. The van der Waals surface area contributed by atoms with Crippen molar-refractivity contribution in [1.29, 1.82) is 0 Å². The number of anilines is 1. The first kappa shape index (κ1) is 31.7. The zero-order chi connectivity index (χ0) is 31.0. The van der Waals surface area contributed by atoms with Crippen LogP contribution in [-0.4, -0.2) is 63.2 Å². The zero-order valence-corrected chi connectivity index (χ0v) is 25.5. The SMILES string of the molecule is CCCOCc1nc2c(N)nc3ccccc3c2n1CCCN(Cc1cccc(OC(C)(C)C(=O)OCC)c1)C(=O)CN. The Morgan fingerprint density at radius 2 is 1.86 bits per heavy atom. The van der Waals surface area contributed by atoms with Crippen molar-refractivity contribution in [3.05, 3.63) is 59.9 Å². The van der Waals surface area contributed by atoms with E-state index in [0.29, 0.717) is 56.4 Å². The van der Waals surface area contributed by atoms with Crippen LogP contribution in [-0.2, 0) is 38.8 Å². The molecule has 2 aromatic heterocycles. The quantitative estimate of drug-likeness (QED) is 0.154. The van der Waals surface area contributed by atoms with Crippen LogP contribution in [0.2, 0.25) is 0 Å². The van der Waals surface area contributed by atoms with Crippen LogP contribution in [0.4, 0.5) is 5.82 Å². The molecule has 0 spiro atoms. The number of carbonyl (C=O) groups excluding carboxylic acids is 2. The minimum Gasteiger partial charge on any atom is -0.476 e. The third kappa shape index (κ3) is 7.60. The predicted molar refractivity (Wildman–Crippen MR) is 166 cm³/mol. The third-order valence-electron chi connectivity index (χ3n) is 7.02. The standard InChI is InChI=1S/C32H42N6O5/c1-5-17-41-21-26-36-28-29(24-13-7-8-14-25(24)35-30(28)34)38(26)16-10-15-37(27(39)19-33)20-22-11-9-12-23(18-22)43-32(3,4)31(40)42-6-2/h7-9,11-14,18H,5-6,10,15-17,19-21,33H2,1-4H3,(H2,34,35). The molecule has 0 aliphatic heterocycles. The second-order valence-electron chi connectivity index (χ2n) is 10.8. The number of carbonyl (C=O) groups is 2. The largest absolute Gasteiger partial charge is 0.476 e. The molecule has 0 aliphatic carbocycles. The number of amides is 1. The Hall–Kier alpha value is -4.22. The summed E-state index contributed by atoms with van der Waals surface area (Å²) in [4.78, 5) is 36.3. The summed E-state index contributed by atoms with van der Waals surface area (Å²) in [5.74, 6) is 1.03. The fourth-order valence-electron chi connectivity index (χ4n) is 4.97. The number of nitrogens with zero attached hydrogens (tertiary/aromatic N) is 4. The van der Waals surface area contributed by atoms with Gasteiger partial charge in [-0.2, -0.15) is 0 Å². The molecular formula is C32H42N6O5. The summed E-state index contributed by atoms with van der Waals surface area (Å²) in [6.07, 6.45) is 1.54. The maximum atomic E-state index is 12.9. The van der Waals surface area contributed by atoms with Crippen LogP contribution in [0.5, 0.6) is 5.75 Å². The highest BCUT2D eigenvalue weighted by Crippen LogP contribution is 2.29. The van der Waals surface area contributed by atoms with Gasteiger partial charge in [0.05, 0.1) is 24.2 Å². The number of fused-ring (bicyclic) bond motifs is 3. The highest BCUT2D eigenvalue weighted by Gasteiger charge is 2.31. The Kier molecular flexibility index (Phi) is 10.5. The van der Waals surface area contributed by atoms with Gasteiger partial charge in [0.1, 0.15) is 23.7 Å². The zero-order valence-electron chi connectivity index (χ0n) is 25.5. The van der Waals surface area contributed by atoms with Crippen LogP contribution < -0.4 is 16.2 Å². The first-order valence-corrected chi connectivity index (χ1v) is 14.7. The Morgan fingerprint density at radius 1 is 1.07 bits per heavy atom. The summed E-state index contributed by atoms with van der Waals surface area (Å²) in [6, 6.07) is 15.2. The van der Waals surface area contributed by atoms with Gasteiger partial charge < -0.3 is 35.1 Å². The highest BCUT2D eigenvalue weighted by atomic mass is 16.6. The molecule has 43 heavy (non-hydrogen) atoms. The van der Waals surface area contributed by atoms with Gasteiger partial charge in [-0.1, -0.05) is 37.3 Å². The summed E-state index contributed by atoms with van der Waals surface area (Å²) in [6.45, 7) is 9.65. The number of ether oxygens (including phenoxy) is 3. The number of hydrogen-bond acceptors (Lipinski definition) is 9. The Morgan fingerprint density at radius 3 is 2.60 bits per heavy atom. The lowest BCUT2D eigenvalue weighted by Gasteiger charge is -2.25. The summed E-state index contributed by atoms with van der Waals surface area (Å²) in [5.41, 5.74) is 14.2. The van der Waals surface area contributed by atoms with Crippen LogP contribution >= 0.6 is 0 Å². The average Bonchev–Trinajstić information content (AvgIpc) is 3.35. The number of imidazole rings is 1. The Bertz CT molecular complexity index is 1570. The highest BCUT2D eigenvalue weighted by molar-refractivity contribution is 6.06. The van der Waals surface area contributed by atoms with E-state index in [1.165, 1.54) is 0 Å². The van der Waals surface area contributed by atoms with Crippen molar-refractivity contribution in [3.8, 4) is 5.75 Å². The summed E-state index contributed by atoms with van der Waals surface area (Å²) >= 11 is 0. The maximum absolute atomic E-state index is 12.9. The van der Waals surface area contributed by atoms with Crippen molar-refractivity contribution in [2.75, 3.05) is 32.0 Å². The van der Waals surface area contributed by atoms with Gasteiger partial charge in [-0.15, -0.1) is 0 Å². The van der Waals surface area contributed by atoms with Crippen molar-refractivity contribution >= 4 is 39.6 Å². The molecule has 230 valence electrons. The van der Waals surface area contributed by atoms with E-state index in [2.05, 4.69) is 16.5 Å². The number of pyridine rings is 1. The van der Waals surface area contributed by atoms with E-state index in [-0.39, 0.29) is 19.1 Å². The van der Waals surface area contributed by atoms with Gasteiger partial charge in [-0.05, 0) is 57.4 Å². The number of hydrogen-bond donors (Lipinski definition) is 2. The molecule has 0 fully saturated rings. The lowest BCUT2D eigenvalue weighted by molar-refractivity contribution is -0.158. The molecule has 0 saturated heterocycles. The number of para-hydroxylation sites is 1. The molecule has 4 N–H and O–H groups in total. The number of nitrogen functional groups attached to an aromatic ring is 1. The number of aryl methyl sites for hydroxylation is 1. The van der Waals surface area contributed by atoms with Gasteiger partial charge in [0.25, 0.3) is 0 Å². The van der Waals surface area contributed by atoms with Gasteiger partial charge in [0.2, 0.25) is 5.91 Å². The molecule has 1 amide bonds. The molecule has 0 bridgehead atoms. The van der Waals surface area contributed by atoms with Crippen LogP contribution in [0.3, 0.4) is 0 Å². The van der Waals surface area contributed by atoms with E-state index in [4.69, 9.17) is 30.7 Å². The fourth-order valence-corrected chi connectivity index (χ4v) is 4.97. The monoisotopic (exact) mass is 590 g/mol. The number of aromatic nitrogens is 3. The lowest BCUT2D eigenvalue weighted by Crippen LogP contribution is -2.39. The van der Waals surface area contributed by atoms with E-state index in [9.17, 15) is 9.59 Å². The van der Waals surface area contributed by atoms with Crippen molar-refractivity contribution in [1.82, 2.24) is 19.4 Å². The van der Waals surface area contributed by atoms with Crippen molar-refractivity contribution in [3.63, 3.8) is 0 Å². The normalized spacial score (nSPS) is 11.7. The van der Waals surface area contributed by atoms with Crippen LogP contribution in [0, 0.1) is 0 Å². The molecule has 0 atom stereocenters. The first-order chi connectivity index (χ1) is 20.7. The lowest BCUT2D eigenvalue weighted by atomic mass is 10.1. The van der Waals surface area contributed by atoms with Crippen LogP contribution in [0.25, 0.3) is 21.9 Å². The van der Waals surface area contributed by atoms with Crippen molar-refractivity contribution in [2.45, 2.75) is 65.8 Å². The Labute approximate surface area is 252 Å². The molecule has 0 aliphatic rings. The summed E-state index contributed by atoms with van der Waals surface area (Å²) in [7, 11) is 0. The van der Waals surface area contributed by atoms with E-state index in [1.54, 1.807) is 31.7 Å². The summed E-state index contributed by atoms with van der Waals surface area (Å²) < 4.78 is 19.1. The fraction of sp³-hybridized carbons (Fsp3) is 0.438. The molecule has 2 aromatic carbocycles. The topological polar surface area (TPSA) is 148 Å². The number of esters is 1. The number of rotatable bonds is 15. The van der Waals surface area contributed by atoms with Crippen molar-refractivity contribution in [2.24, 2.45) is 5.73 Å². The molecule has 4 aromatic rings. The second-order valence-corrected chi connectivity index (χ2v) is 10.8. The minimum atomic E-state index is -1.16. The molecule has 0 radical (unpaired) electrons. The van der Waals surface area contributed by atoms with Gasteiger partial charge in [-0.25, -0.2) is 14.8 Å². The molecule has 0 saturated carbocycles. The summed E-state index contributed by atoms with van der Waals surface area (Å²) in [5, 5.41) is 0.957. The number of nitrogens with two attached hydrogens (primary N) is 2. The molecule has 2 heterocycles. The van der Waals surface area contributed by atoms with Gasteiger partial charge in [0, 0.05) is 31.6 Å². The average molecular weight is 591 g/mol. The van der Waals surface area contributed by atoms with Crippen LogP contribution in [0.1, 0.15) is 51.9 Å². The van der Waals surface area contributed by atoms with Gasteiger partial charge in [0.15, 0.2) is 11.4 Å². The van der Waals surface area contributed by atoms with E-state index >= 15 is 0 Å². The van der Waals surface area contributed by atoms with Gasteiger partial charge >= 0.3 is 5.97 Å². The third-order valence-corrected chi connectivity index (χ3v) is 7.02. The Balaban J connectivity index is 1.55. The van der Waals surface area contributed by atoms with E-state index in [1.807, 2.05) is 42.5 Å². The van der Waals surface area contributed by atoms with Gasteiger partial charge in [-0.3, -0.25) is 4.79 Å². The molecule has 11 nitrogen and oxygen atoms in total. The van der Waals surface area contributed by atoms with Crippen molar-refractivity contribution < 1.29 is 23.8 Å². The smallest absolute Gasteiger partial charge is 0.349 e. The van der Waals surface area contributed by atoms with Crippen LogP contribution in [0.15, 0.2) is 48.5 Å². The predicted octanol–water partition coefficient (Wildman–Crippen LogP) is 4.19. The molecular weight excluding hydrogens is 548 g/mol.